The Balaban J connectivity index is 2.27. The summed E-state index contributed by atoms with van der Waals surface area (Å²) in [4.78, 5) is 14.4. The van der Waals surface area contributed by atoms with Gasteiger partial charge in [0.25, 0.3) is 5.56 Å². The van der Waals surface area contributed by atoms with Gasteiger partial charge in [-0.2, -0.15) is 5.10 Å². The molecule has 2 rings (SSSR count). The van der Waals surface area contributed by atoms with Crippen molar-refractivity contribution in [2.24, 2.45) is 0 Å². The second-order valence-corrected chi connectivity index (χ2v) is 6.29. The average Bonchev–Trinajstić information content (AvgIpc) is 2.95. The van der Waals surface area contributed by atoms with Crippen LogP contribution in [0.4, 0.5) is 5.69 Å². The normalized spacial score (nSPS) is 18.4. The highest BCUT2D eigenvalue weighted by Gasteiger charge is 2.23. The SMILES string of the molecule is CCCn1ncc(N(CC2CCCN2)C(C)C)c(Cl)c1=O. The summed E-state index contributed by atoms with van der Waals surface area (Å²) < 4.78 is 1.44. The third kappa shape index (κ3) is 3.77. The Bertz CT molecular complexity index is 523. The van der Waals surface area contributed by atoms with Crippen LogP contribution in [0.5, 0.6) is 0 Å². The molecule has 1 fully saturated rings. The van der Waals surface area contributed by atoms with Crippen molar-refractivity contribution in [1.29, 1.82) is 0 Å². The van der Waals surface area contributed by atoms with Gasteiger partial charge in [0, 0.05) is 25.2 Å². The minimum Gasteiger partial charge on any atom is -0.365 e. The van der Waals surface area contributed by atoms with E-state index in [0.717, 1.165) is 25.2 Å². The van der Waals surface area contributed by atoms with Gasteiger partial charge in [-0.1, -0.05) is 18.5 Å². The summed E-state index contributed by atoms with van der Waals surface area (Å²) in [6.07, 6.45) is 4.97. The van der Waals surface area contributed by atoms with Crippen molar-refractivity contribution < 1.29 is 0 Å². The second-order valence-electron chi connectivity index (χ2n) is 5.91. The molecular formula is C15H25ClN4O. The van der Waals surface area contributed by atoms with Crippen LogP contribution >= 0.6 is 11.6 Å². The Morgan fingerprint density at radius 2 is 2.33 bits per heavy atom. The first-order chi connectivity index (χ1) is 10.0. The number of hydrogen-bond acceptors (Lipinski definition) is 4. The van der Waals surface area contributed by atoms with Crippen molar-refractivity contribution in [3.63, 3.8) is 0 Å². The van der Waals surface area contributed by atoms with Crippen LogP contribution in [0, 0.1) is 0 Å². The van der Waals surface area contributed by atoms with Crippen molar-refractivity contribution in [2.45, 2.75) is 58.7 Å². The van der Waals surface area contributed by atoms with Crippen LogP contribution in [-0.2, 0) is 6.54 Å². The zero-order valence-corrected chi connectivity index (χ0v) is 13.9. The van der Waals surface area contributed by atoms with E-state index in [2.05, 4.69) is 29.2 Å². The molecule has 1 N–H and O–H groups in total. The minimum atomic E-state index is -0.193. The number of nitrogens with zero attached hydrogens (tertiary/aromatic N) is 3. The fourth-order valence-corrected chi connectivity index (χ4v) is 3.02. The molecule has 1 aromatic rings. The molecule has 21 heavy (non-hydrogen) atoms. The molecule has 1 saturated heterocycles. The van der Waals surface area contributed by atoms with E-state index in [4.69, 9.17) is 11.6 Å². The highest BCUT2D eigenvalue weighted by atomic mass is 35.5. The van der Waals surface area contributed by atoms with Crippen LogP contribution in [0.2, 0.25) is 5.02 Å². The topological polar surface area (TPSA) is 50.2 Å². The predicted molar refractivity (Wildman–Crippen MR) is 87.3 cm³/mol. The van der Waals surface area contributed by atoms with Crippen molar-refractivity contribution >= 4 is 17.3 Å². The number of anilines is 1. The highest BCUT2D eigenvalue weighted by Crippen LogP contribution is 2.24. The monoisotopic (exact) mass is 312 g/mol. The number of aryl methyl sites for hydroxylation is 1. The van der Waals surface area contributed by atoms with E-state index in [1.165, 1.54) is 17.5 Å². The molecule has 1 unspecified atom stereocenters. The Labute approximate surface area is 131 Å². The van der Waals surface area contributed by atoms with E-state index in [9.17, 15) is 4.79 Å². The molecule has 0 bridgehead atoms. The van der Waals surface area contributed by atoms with Gasteiger partial charge in [0.1, 0.15) is 5.02 Å². The Morgan fingerprint density at radius 3 is 2.90 bits per heavy atom. The third-order valence-corrected chi connectivity index (χ3v) is 4.27. The molecule has 0 saturated carbocycles. The number of aromatic nitrogens is 2. The maximum absolute atomic E-state index is 12.3. The van der Waals surface area contributed by atoms with Crippen LogP contribution in [0.25, 0.3) is 0 Å². The molecule has 6 heteroatoms. The van der Waals surface area contributed by atoms with Crippen molar-refractivity contribution in [1.82, 2.24) is 15.1 Å². The summed E-state index contributed by atoms with van der Waals surface area (Å²) >= 11 is 6.32. The quantitative estimate of drug-likeness (QED) is 0.875. The van der Waals surface area contributed by atoms with E-state index in [0.29, 0.717) is 12.6 Å². The fraction of sp³-hybridized carbons (Fsp3) is 0.733. The van der Waals surface area contributed by atoms with Gasteiger partial charge in [0.05, 0.1) is 11.9 Å². The lowest BCUT2D eigenvalue weighted by Crippen LogP contribution is -2.42. The summed E-state index contributed by atoms with van der Waals surface area (Å²) in [5.74, 6) is 0. The van der Waals surface area contributed by atoms with Gasteiger partial charge < -0.3 is 10.2 Å². The Morgan fingerprint density at radius 1 is 1.57 bits per heavy atom. The van der Waals surface area contributed by atoms with E-state index in [-0.39, 0.29) is 16.6 Å². The predicted octanol–water partition coefficient (Wildman–Crippen LogP) is 2.27. The van der Waals surface area contributed by atoms with Gasteiger partial charge in [-0.3, -0.25) is 4.79 Å². The van der Waals surface area contributed by atoms with Crippen molar-refractivity contribution in [2.75, 3.05) is 18.0 Å². The van der Waals surface area contributed by atoms with E-state index in [1.807, 2.05) is 6.92 Å². The van der Waals surface area contributed by atoms with Gasteiger partial charge in [-0.15, -0.1) is 0 Å². The zero-order chi connectivity index (χ0) is 15.4. The molecule has 0 spiro atoms. The highest BCUT2D eigenvalue weighted by molar-refractivity contribution is 6.33. The molecule has 0 aliphatic carbocycles. The number of hydrogen-bond donors (Lipinski definition) is 1. The number of halogens is 1. The van der Waals surface area contributed by atoms with Gasteiger partial charge in [-0.05, 0) is 39.7 Å². The van der Waals surface area contributed by atoms with Crippen LogP contribution in [0.3, 0.4) is 0 Å². The van der Waals surface area contributed by atoms with Crippen LogP contribution < -0.4 is 15.8 Å². The van der Waals surface area contributed by atoms with Crippen LogP contribution in [-0.4, -0.2) is 35.0 Å². The molecule has 5 nitrogen and oxygen atoms in total. The summed E-state index contributed by atoms with van der Waals surface area (Å²) in [7, 11) is 0. The van der Waals surface area contributed by atoms with E-state index < -0.39 is 0 Å². The lowest BCUT2D eigenvalue weighted by Gasteiger charge is -2.32. The number of nitrogens with one attached hydrogen (secondary N) is 1. The lowest BCUT2D eigenvalue weighted by atomic mass is 10.2. The van der Waals surface area contributed by atoms with Gasteiger partial charge in [0.2, 0.25) is 0 Å². The standard InChI is InChI=1S/C15H25ClN4O/c1-4-8-20-15(21)14(16)13(9-18-20)19(11(2)3)10-12-6-5-7-17-12/h9,11-12,17H,4-8,10H2,1-3H3. The molecule has 0 radical (unpaired) electrons. The molecule has 1 atom stereocenters. The molecule has 1 aliphatic heterocycles. The molecule has 118 valence electrons. The zero-order valence-electron chi connectivity index (χ0n) is 13.1. The smallest absolute Gasteiger partial charge is 0.287 e. The van der Waals surface area contributed by atoms with Gasteiger partial charge in [0.15, 0.2) is 0 Å². The minimum absolute atomic E-state index is 0.193. The Hall–Kier alpha value is -1.07. The van der Waals surface area contributed by atoms with Crippen LogP contribution in [0.15, 0.2) is 11.0 Å². The third-order valence-electron chi connectivity index (χ3n) is 3.91. The van der Waals surface area contributed by atoms with Crippen molar-refractivity contribution in [3.8, 4) is 0 Å². The summed E-state index contributed by atoms with van der Waals surface area (Å²) in [5.41, 5.74) is 0.554. The van der Waals surface area contributed by atoms with Gasteiger partial charge in [-0.25, -0.2) is 4.68 Å². The first-order valence-corrected chi connectivity index (χ1v) is 8.18. The fourth-order valence-electron chi connectivity index (χ4n) is 2.76. The van der Waals surface area contributed by atoms with Gasteiger partial charge >= 0.3 is 0 Å². The summed E-state index contributed by atoms with van der Waals surface area (Å²) in [6, 6.07) is 0.731. The summed E-state index contributed by atoms with van der Waals surface area (Å²) in [6.45, 7) is 8.77. The molecule has 1 aliphatic rings. The molecule has 0 amide bonds. The molecule has 1 aromatic heterocycles. The van der Waals surface area contributed by atoms with E-state index >= 15 is 0 Å². The van der Waals surface area contributed by atoms with E-state index in [1.54, 1.807) is 6.20 Å². The second kappa shape index (κ2) is 7.27. The molecular weight excluding hydrogens is 288 g/mol. The first kappa shape index (κ1) is 16.3. The first-order valence-electron chi connectivity index (χ1n) is 7.80. The summed E-state index contributed by atoms with van der Waals surface area (Å²) in [5, 5.41) is 8.04. The maximum atomic E-state index is 12.3. The maximum Gasteiger partial charge on any atom is 0.287 e. The van der Waals surface area contributed by atoms with Crippen molar-refractivity contribution in [3.05, 3.63) is 21.6 Å². The van der Waals surface area contributed by atoms with Crippen LogP contribution in [0.1, 0.15) is 40.0 Å². The number of rotatable bonds is 6. The molecule has 2 heterocycles. The largest absolute Gasteiger partial charge is 0.365 e. The Kier molecular flexibility index (Phi) is 5.65. The lowest BCUT2D eigenvalue weighted by molar-refractivity contribution is 0.542. The average molecular weight is 313 g/mol. The molecule has 0 aromatic carbocycles.